The van der Waals surface area contributed by atoms with E-state index >= 15 is 0 Å². The highest BCUT2D eigenvalue weighted by Gasteiger charge is 2.44. The molecular weight excluding hydrogens is 779 g/mol. The fourth-order valence-corrected chi connectivity index (χ4v) is 8.25. The Balaban J connectivity index is 2.29. The molecule has 0 bridgehead atoms. The van der Waals surface area contributed by atoms with Gasteiger partial charge in [0.05, 0.1) is 25.4 Å². The first-order valence-electron chi connectivity index (χ1n) is 26.2. The van der Waals surface area contributed by atoms with Gasteiger partial charge < -0.3 is 40.3 Å². The van der Waals surface area contributed by atoms with E-state index in [1.807, 2.05) is 6.08 Å². The lowest BCUT2D eigenvalue weighted by Gasteiger charge is -2.40. The minimum Gasteiger partial charge on any atom is -0.394 e. The number of nitrogens with one attached hydrogen (secondary N) is 1. The Morgan fingerprint density at radius 2 is 0.952 bits per heavy atom. The van der Waals surface area contributed by atoms with Crippen LogP contribution in [0.4, 0.5) is 0 Å². The first-order chi connectivity index (χ1) is 30.3. The summed E-state index contributed by atoms with van der Waals surface area (Å²) < 4.78 is 11.2. The zero-order valence-electron chi connectivity index (χ0n) is 40.1. The summed E-state index contributed by atoms with van der Waals surface area (Å²) in [7, 11) is 0. The number of rotatable bonds is 44. The number of unbranched alkanes of at least 4 members (excludes halogenated alkanes) is 30. The topological polar surface area (TPSA) is 149 Å². The summed E-state index contributed by atoms with van der Waals surface area (Å²) >= 11 is 0. The van der Waals surface area contributed by atoms with Gasteiger partial charge in [-0.2, -0.15) is 0 Å². The molecular formula is C53H99NO8. The lowest BCUT2D eigenvalue weighted by Crippen LogP contribution is -2.60. The maximum Gasteiger partial charge on any atom is 0.220 e. The molecule has 1 fully saturated rings. The number of hydrogen-bond donors (Lipinski definition) is 6. The van der Waals surface area contributed by atoms with Crippen molar-refractivity contribution in [3.05, 3.63) is 36.5 Å². The van der Waals surface area contributed by atoms with Crippen LogP contribution in [0.2, 0.25) is 0 Å². The third kappa shape index (κ3) is 33.0. The molecule has 0 aromatic rings. The monoisotopic (exact) mass is 878 g/mol. The van der Waals surface area contributed by atoms with E-state index in [-0.39, 0.29) is 12.5 Å². The minimum absolute atomic E-state index is 0.184. The number of allylic oxidation sites excluding steroid dienone is 5. The molecule has 0 radical (unpaired) electrons. The predicted molar refractivity (Wildman–Crippen MR) is 258 cm³/mol. The summed E-state index contributed by atoms with van der Waals surface area (Å²) in [5.41, 5.74) is 0. The van der Waals surface area contributed by atoms with Gasteiger partial charge in [-0.15, -0.1) is 0 Å². The quantitative estimate of drug-likeness (QED) is 0.0262. The van der Waals surface area contributed by atoms with Crippen LogP contribution >= 0.6 is 0 Å². The van der Waals surface area contributed by atoms with Gasteiger partial charge in [-0.3, -0.25) is 4.79 Å². The second-order valence-corrected chi connectivity index (χ2v) is 18.3. The maximum absolute atomic E-state index is 13.0. The first-order valence-corrected chi connectivity index (χ1v) is 26.2. The molecule has 1 rings (SSSR count). The predicted octanol–water partition coefficient (Wildman–Crippen LogP) is 12.0. The fraction of sp³-hybridized carbons (Fsp3) is 0.868. The van der Waals surface area contributed by atoms with Crippen molar-refractivity contribution in [2.45, 2.75) is 281 Å². The summed E-state index contributed by atoms with van der Waals surface area (Å²) in [4.78, 5) is 13.0. The molecule has 7 unspecified atom stereocenters. The molecule has 9 heteroatoms. The molecule has 1 aliphatic heterocycles. The summed E-state index contributed by atoms with van der Waals surface area (Å²) in [6, 6.07) is -0.808. The summed E-state index contributed by atoms with van der Waals surface area (Å²) in [6.45, 7) is 3.76. The number of hydrogen-bond acceptors (Lipinski definition) is 8. The SMILES string of the molecule is CCCCC/C=C\C/C=C\CCCCCCCCCC(=O)NC(COC1OC(CO)C(O)C(O)C1O)C(O)/C=C/CCCCCCCCCCCCCCCCCCCCCC. The van der Waals surface area contributed by atoms with Gasteiger partial charge in [0.25, 0.3) is 0 Å². The summed E-state index contributed by atoms with van der Waals surface area (Å²) in [6.07, 6.45) is 47.6. The number of aliphatic hydroxyl groups excluding tert-OH is 5. The highest BCUT2D eigenvalue weighted by atomic mass is 16.7. The van der Waals surface area contributed by atoms with E-state index in [9.17, 15) is 30.3 Å². The molecule has 0 saturated carbocycles. The van der Waals surface area contributed by atoms with Crippen molar-refractivity contribution >= 4 is 5.91 Å². The van der Waals surface area contributed by atoms with Crippen molar-refractivity contribution < 1.29 is 39.8 Å². The van der Waals surface area contributed by atoms with Crippen LogP contribution in [-0.2, 0) is 14.3 Å². The van der Waals surface area contributed by atoms with Crippen molar-refractivity contribution in [3.8, 4) is 0 Å². The Kier molecular flexibility index (Phi) is 40.8. The Hall–Kier alpha value is -1.59. The van der Waals surface area contributed by atoms with E-state index < -0.39 is 49.5 Å². The van der Waals surface area contributed by atoms with Crippen molar-refractivity contribution in [2.75, 3.05) is 13.2 Å². The molecule has 0 aliphatic carbocycles. The smallest absolute Gasteiger partial charge is 0.220 e. The Bertz CT molecular complexity index is 1070. The first kappa shape index (κ1) is 58.4. The molecule has 0 spiro atoms. The molecule has 1 aliphatic rings. The fourth-order valence-electron chi connectivity index (χ4n) is 8.25. The zero-order valence-corrected chi connectivity index (χ0v) is 40.1. The molecule has 1 heterocycles. The number of carbonyl (C=O) groups is 1. The third-order valence-corrected chi connectivity index (χ3v) is 12.5. The van der Waals surface area contributed by atoms with Crippen LogP contribution in [0, 0.1) is 0 Å². The van der Waals surface area contributed by atoms with Crippen molar-refractivity contribution in [2.24, 2.45) is 0 Å². The molecule has 0 aromatic heterocycles. The van der Waals surface area contributed by atoms with E-state index in [2.05, 4.69) is 43.5 Å². The lowest BCUT2D eigenvalue weighted by atomic mass is 9.99. The molecule has 6 N–H and O–H groups in total. The Labute approximate surface area is 381 Å². The molecule has 1 amide bonds. The largest absolute Gasteiger partial charge is 0.394 e. The third-order valence-electron chi connectivity index (χ3n) is 12.5. The Morgan fingerprint density at radius 1 is 0.548 bits per heavy atom. The maximum atomic E-state index is 13.0. The van der Waals surface area contributed by atoms with Crippen LogP contribution in [0.3, 0.4) is 0 Å². The second-order valence-electron chi connectivity index (χ2n) is 18.3. The lowest BCUT2D eigenvalue weighted by molar-refractivity contribution is -0.302. The average Bonchev–Trinajstić information content (AvgIpc) is 3.27. The summed E-state index contributed by atoms with van der Waals surface area (Å²) in [5, 5.41) is 54.4. The van der Waals surface area contributed by atoms with Gasteiger partial charge in [-0.05, 0) is 51.4 Å². The zero-order chi connectivity index (χ0) is 45.1. The molecule has 62 heavy (non-hydrogen) atoms. The van der Waals surface area contributed by atoms with Crippen LogP contribution in [0.1, 0.15) is 239 Å². The number of aliphatic hydroxyl groups is 5. The van der Waals surface area contributed by atoms with Crippen molar-refractivity contribution in [1.82, 2.24) is 5.32 Å². The van der Waals surface area contributed by atoms with Gasteiger partial charge in [0.2, 0.25) is 5.91 Å². The van der Waals surface area contributed by atoms with E-state index in [1.54, 1.807) is 6.08 Å². The highest BCUT2D eigenvalue weighted by Crippen LogP contribution is 2.23. The van der Waals surface area contributed by atoms with Crippen molar-refractivity contribution in [1.29, 1.82) is 0 Å². The van der Waals surface area contributed by atoms with Crippen LogP contribution < -0.4 is 5.32 Å². The van der Waals surface area contributed by atoms with E-state index in [1.165, 1.54) is 161 Å². The molecule has 364 valence electrons. The number of carbonyl (C=O) groups excluding carboxylic acids is 1. The van der Waals surface area contributed by atoms with Gasteiger partial charge in [-0.1, -0.05) is 217 Å². The van der Waals surface area contributed by atoms with Crippen molar-refractivity contribution in [3.63, 3.8) is 0 Å². The molecule has 7 atom stereocenters. The second kappa shape index (κ2) is 43.3. The van der Waals surface area contributed by atoms with Crippen LogP contribution in [-0.4, -0.2) is 87.5 Å². The van der Waals surface area contributed by atoms with Crippen LogP contribution in [0.25, 0.3) is 0 Å². The van der Waals surface area contributed by atoms with Crippen LogP contribution in [0.15, 0.2) is 36.5 Å². The van der Waals surface area contributed by atoms with Gasteiger partial charge in [-0.25, -0.2) is 0 Å². The molecule has 0 aromatic carbocycles. The summed E-state index contributed by atoms with van der Waals surface area (Å²) in [5.74, 6) is -0.184. The van der Waals surface area contributed by atoms with Gasteiger partial charge in [0.1, 0.15) is 24.4 Å². The van der Waals surface area contributed by atoms with Gasteiger partial charge in [0, 0.05) is 6.42 Å². The standard InChI is InChI=1S/C53H99NO8/c1-3-5-7-9-11-13-15-17-19-21-22-23-24-25-27-28-30-32-34-36-38-40-42-47(56)46(45-61-53-52(60)51(59)50(58)48(44-55)62-53)54-49(57)43-41-39-37-35-33-31-29-26-20-18-16-14-12-10-8-6-4-2/h12,14,18,20,40,42,46-48,50-53,55-56,58-60H,3-11,13,15-17,19,21-39,41,43-45H2,1-2H3,(H,54,57)/b14-12-,20-18-,42-40+. The van der Waals surface area contributed by atoms with Crippen LogP contribution in [0.5, 0.6) is 0 Å². The average molecular weight is 878 g/mol. The van der Waals surface area contributed by atoms with E-state index in [0.717, 1.165) is 57.8 Å². The molecule has 9 nitrogen and oxygen atoms in total. The van der Waals surface area contributed by atoms with E-state index in [4.69, 9.17) is 9.47 Å². The van der Waals surface area contributed by atoms with Gasteiger partial charge >= 0.3 is 0 Å². The molecule has 1 saturated heterocycles. The highest BCUT2D eigenvalue weighted by molar-refractivity contribution is 5.76. The minimum atomic E-state index is -1.57. The van der Waals surface area contributed by atoms with Gasteiger partial charge in [0.15, 0.2) is 6.29 Å². The number of amides is 1. The van der Waals surface area contributed by atoms with E-state index in [0.29, 0.717) is 6.42 Å². The Morgan fingerprint density at radius 3 is 1.42 bits per heavy atom. The normalized spacial score (nSPS) is 20.5. The number of ether oxygens (including phenoxy) is 2.